The molecule has 1 heterocycles. The molecule has 0 fully saturated rings. The average molecular weight is 377 g/mol. The average Bonchev–Trinajstić information content (AvgIpc) is 2.67. The Morgan fingerprint density at radius 3 is 2.89 bits per heavy atom. The Hall–Kier alpha value is -3.08. The summed E-state index contributed by atoms with van der Waals surface area (Å²) in [5.41, 5.74) is 3.39. The molecule has 1 N–H and O–H groups in total. The van der Waals surface area contributed by atoms with Gasteiger partial charge in [0.15, 0.2) is 6.10 Å². The van der Waals surface area contributed by atoms with Crippen LogP contribution in [0.3, 0.4) is 0 Å². The number of amides is 1. The summed E-state index contributed by atoms with van der Waals surface area (Å²) >= 11 is 0. The lowest BCUT2D eigenvalue weighted by Crippen LogP contribution is -2.39. The van der Waals surface area contributed by atoms with Crippen molar-refractivity contribution < 1.29 is 13.9 Å². The summed E-state index contributed by atoms with van der Waals surface area (Å²) in [6, 6.07) is 15.0. The molecule has 0 saturated heterocycles. The smallest absolute Gasteiger partial charge is 0.336 e. The number of hydrogen-bond donors (Lipinski definition) is 1. The van der Waals surface area contributed by atoms with E-state index in [2.05, 4.69) is 17.4 Å². The van der Waals surface area contributed by atoms with Gasteiger partial charge in [0.2, 0.25) is 0 Å². The van der Waals surface area contributed by atoms with E-state index in [4.69, 9.17) is 9.15 Å². The van der Waals surface area contributed by atoms with Crippen LogP contribution >= 0.6 is 0 Å². The van der Waals surface area contributed by atoms with Crippen molar-refractivity contribution in [3.05, 3.63) is 75.6 Å². The van der Waals surface area contributed by atoms with Gasteiger partial charge in [0.25, 0.3) is 5.91 Å². The molecule has 1 amide bonds. The van der Waals surface area contributed by atoms with Crippen molar-refractivity contribution in [2.75, 3.05) is 0 Å². The molecule has 0 saturated carbocycles. The Labute approximate surface area is 163 Å². The van der Waals surface area contributed by atoms with Gasteiger partial charge in [0.1, 0.15) is 11.3 Å². The maximum Gasteiger partial charge on any atom is 0.336 e. The highest BCUT2D eigenvalue weighted by molar-refractivity contribution is 5.83. The first-order chi connectivity index (χ1) is 13.5. The summed E-state index contributed by atoms with van der Waals surface area (Å²) in [6.07, 6.45) is 2.37. The largest absolute Gasteiger partial charge is 0.481 e. The molecule has 0 bridgehead atoms. The minimum absolute atomic E-state index is 0.0146. The molecule has 28 heavy (non-hydrogen) atoms. The predicted octanol–water partition coefficient (Wildman–Crippen LogP) is 4.06. The molecule has 0 radical (unpaired) electrons. The molecule has 0 spiro atoms. The molecule has 5 heteroatoms. The second kappa shape index (κ2) is 7.50. The monoisotopic (exact) mass is 377 g/mol. The van der Waals surface area contributed by atoms with E-state index in [1.807, 2.05) is 25.1 Å². The van der Waals surface area contributed by atoms with Crippen molar-refractivity contribution in [3.63, 3.8) is 0 Å². The Morgan fingerprint density at radius 1 is 1.21 bits per heavy atom. The van der Waals surface area contributed by atoms with Gasteiger partial charge in [-0.25, -0.2) is 4.79 Å². The first-order valence-electron chi connectivity index (χ1n) is 9.60. The number of fused-ring (bicyclic) bond motifs is 2. The van der Waals surface area contributed by atoms with Crippen molar-refractivity contribution in [2.45, 2.75) is 45.3 Å². The molecule has 3 aromatic rings. The second-order valence-corrected chi connectivity index (χ2v) is 7.32. The first-order valence-corrected chi connectivity index (χ1v) is 9.60. The van der Waals surface area contributed by atoms with E-state index < -0.39 is 11.7 Å². The van der Waals surface area contributed by atoms with Crippen LogP contribution in [-0.2, 0) is 11.2 Å². The molecular formula is C23H23NO4. The quantitative estimate of drug-likeness (QED) is 0.696. The minimum Gasteiger partial charge on any atom is -0.481 e. The van der Waals surface area contributed by atoms with Crippen LogP contribution in [0.4, 0.5) is 0 Å². The fourth-order valence-electron chi connectivity index (χ4n) is 3.83. The topological polar surface area (TPSA) is 68.5 Å². The number of ether oxygens (including phenoxy) is 1. The van der Waals surface area contributed by atoms with Crippen molar-refractivity contribution >= 4 is 16.9 Å². The van der Waals surface area contributed by atoms with Crippen LogP contribution in [-0.4, -0.2) is 12.0 Å². The summed E-state index contributed by atoms with van der Waals surface area (Å²) < 4.78 is 11.1. The van der Waals surface area contributed by atoms with Crippen LogP contribution in [0.2, 0.25) is 0 Å². The maximum absolute atomic E-state index is 12.7. The van der Waals surface area contributed by atoms with Crippen LogP contribution in [0, 0.1) is 6.92 Å². The summed E-state index contributed by atoms with van der Waals surface area (Å²) in [6.45, 7) is 3.58. The standard InChI is InChI=1S/C23H23NO4/c1-14-12-22(25)28-21-13-17(10-11-18(14)21)27-15(2)23(26)24-20-9-5-7-16-6-3-4-8-19(16)20/h3-4,6,8,10-13,15,20H,5,7,9H2,1-2H3,(H,24,26)/t15-,20+/m0/s1. The zero-order chi connectivity index (χ0) is 19.7. The summed E-state index contributed by atoms with van der Waals surface area (Å²) in [7, 11) is 0. The number of benzene rings is 2. The third-order valence-corrected chi connectivity index (χ3v) is 5.29. The molecule has 5 nitrogen and oxygen atoms in total. The van der Waals surface area contributed by atoms with Gasteiger partial charge in [0, 0.05) is 17.5 Å². The van der Waals surface area contributed by atoms with Crippen LogP contribution in [0.5, 0.6) is 5.75 Å². The molecule has 2 atom stereocenters. The Balaban J connectivity index is 1.48. The van der Waals surface area contributed by atoms with Gasteiger partial charge in [-0.15, -0.1) is 0 Å². The Morgan fingerprint density at radius 2 is 2.04 bits per heavy atom. The SMILES string of the molecule is Cc1cc(=O)oc2cc(O[C@@H](C)C(=O)N[C@@H]3CCCc4ccccc43)ccc12. The molecular weight excluding hydrogens is 354 g/mol. The second-order valence-electron chi connectivity index (χ2n) is 7.32. The highest BCUT2D eigenvalue weighted by Crippen LogP contribution is 2.29. The van der Waals surface area contributed by atoms with Gasteiger partial charge in [-0.05, 0) is 61.9 Å². The van der Waals surface area contributed by atoms with E-state index in [0.29, 0.717) is 11.3 Å². The van der Waals surface area contributed by atoms with E-state index in [-0.39, 0.29) is 11.9 Å². The van der Waals surface area contributed by atoms with Gasteiger partial charge < -0.3 is 14.5 Å². The highest BCUT2D eigenvalue weighted by Gasteiger charge is 2.24. The lowest BCUT2D eigenvalue weighted by Gasteiger charge is -2.27. The number of hydrogen-bond acceptors (Lipinski definition) is 4. The van der Waals surface area contributed by atoms with Crippen LogP contribution in [0.25, 0.3) is 11.0 Å². The summed E-state index contributed by atoms with van der Waals surface area (Å²) in [4.78, 5) is 24.3. The molecule has 2 aromatic carbocycles. The number of carbonyl (C=O) groups is 1. The Bertz CT molecular complexity index is 1090. The number of nitrogens with one attached hydrogen (secondary N) is 1. The molecule has 1 aromatic heterocycles. The summed E-state index contributed by atoms with van der Waals surface area (Å²) in [5, 5.41) is 3.96. The molecule has 144 valence electrons. The van der Waals surface area contributed by atoms with Crippen LogP contribution in [0.15, 0.2) is 57.7 Å². The molecule has 0 unspecified atom stereocenters. The predicted molar refractivity (Wildman–Crippen MR) is 108 cm³/mol. The van der Waals surface area contributed by atoms with E-state index in [0.717, 1.165) is 30.2 Å². The van der Waals surface area contributed by atoms with Gasteiger partial charge >= 0.3 is 5.63 Å². The van der Waals surface area contributed by atoms with Gasteiger partial charge in [-0.1, -0.05) is 24.3 Å². The van der Waals surface area contributed by atoms with Gasteiger partial charge in [-0.3, -0.25) is 4.79 Å². The van der Waals surface area contributed by atoms with E-state index in [9.17, 15) is 9.59 Å². The number of rotatable bonds is 4. The first kappa shape index (κ1) is 18.3. The van der Waals surface area contributed by atoms with Crippen molar-refractivity contribution in [3.8, 4) is 5.75 Å². The highest BCUT2D eigenvalue weighted by atomic mass is 16.5. The van der Waals surface area contributed by atoms with E-state index in [1.54, 1.807) is 19.1 Å². The van der Waals surface area contributed by atoms with Gasteiger partial charge in [-0.2, -0.15) is 0 Å². The lowest BCUT2D eigenvalue weighted by atomic mass is 9.87. The fourth-order valence-corrected chi connectivity index (χ4v) is 3.83. The van der Waals surface area contributed by atoms with Crippen molar-refractivity contribution in [2.24, 2.45) is 0 Å². The van der Waals surface area contributed by atoms with Crippen molar-refractivity contribution in [1.82, 2.24) is 5.32 Å². The molecule has 1 aliphatic carbocycles. The number of carbonyl (C=O) groups excluding carboxylic acids is 1. The van der Waals surface area contributed by atoms with E-state index >= 15 is 0 Å². The van der Waals surface area contributed by atoms with Crippen molar-refractivity contribution in [1.29, 1.82) is 0 Å². The Kier molecular flexibility index (Phi) is 4.90. The zero-order valence-electron chi connectivity index (χ0n) is 16.0. The van der Waals surface area contributed by atoms with Gasteiger partial charge in [0.05, 0.1) is 6.04 Å². The third kappa shape index (κ3) is 3.65. The fraction of sp³-hybridized carbons (Fsp3) is 0.304. The molecule has 1 aliphatic rings. The minimum atomic E-state index is -0.664. The van der Waals surface area contributed by atoms with E-state index in [1.165, 1.54) is 17.2 Å². The third-order valence-electron chi connectivity index (χ3n) is 5.29. The number of aryl methyl sites for hydroxylation is 2. The maximum atomic E-state index is 12.7. The summed E-state index contributed by atoms with van der Waals surface area (Å²) in [5.74, 6) is 0.334. The zero-order valence-corrected chi connectivity index (χ0v) is 16.0. The lowest BCUT2D eigenvalue weighted by molar-refractivity contribution is -0.128. The molecule has 4 rings (SSSR count). The normalized spacial score (nSPS) is 17.0. The van der Waals surface area contributed by atoms with Crippen LogP contribution < -0.4 is 15.7 Å². The van der Waals surface area contributed by atoms with Crippen LogP contribution in [0.1, 0.15) is 42.5 Å². The molecule has 0 aliphatic heterocycles.